The maximum atomic E-state index is 11.2. The Labute approximate surface area is 122 Å². The van der Waals surface area contributed by atoms with Crippen molar-refractivity contribution in [3.05, 3.63) is 40.7 Å². The average molecular weight is 291 g/mol. The van der Waals surface area contributed by atoms with E-state index in [1.165, 1.54) is 5.56 Å². The van der Waals surface area contributed by atoms with Crippen molar-refractivity contribution in [2.45, 2.75) is 26.3 Å². The summed E-state index contributed by atoms with van der Waals surface area (Å²) in [7, 11) is 0. The number of aliphatic carboxylic acids is 1. The molecule has 5 heteroatoms. The van der Waals surface area contributed by atoms with Crippen molar-refractivity contribution in [3.63, 3.8) is 0 Å². The second-order valence-electron chi connectivity index (χ2n) is 5.22. The number of imidazole rings is 1. The molecule has 1 aliphatic heterocycles. The highest BCUT2D eigenvalue weighted by Crippen LogP contribution is 2.32. The highest BCUT2D eigenvalue weighted by atomic mass is 35.5. The van der Waals surface area contributed by atoms with E-state index in [9.17, 15) is 9.90 Å². The van der Waals surface area contributed by atoms with Gasteiger partial charge in [-0.1, -0.05) is 41.4 Å². The number of benzene rings is 1. The van der Waals surface area contributed by atoms with Gasteiger partial charge in [0, 0.05) is 12.1 Å². The van der Waals surface area contributed by atoms with Crippen molar-refractivity contribution < 1.29 is 9.90 Å². The molecule has 0 radical (unpaired) electrons. The molecule has 1 aromatic carbocycles. The predicted molar refractivity (Wildman–Crippen MR) is 76.9 cm³/mol. The van der Waals surface area contributed by atoms with Gasteiger partial charge in [0.05, 0.1) is 11.6 Å². The lowest BCUT2D eigenvalue weighted by atomic mass is 9.98. The van der Waals surface area contributed by atoms with Gasteiger partial charge in [-0.3, -0.25) is 4.79 Å². The monoisotopic (exact) mass is 290 g/mol. The number of fused-ring (bicyclic) bond motifs is 1. The molecule has 0 saturated carbocycles. The summed E-state index contributed by atoms with van der Waals surface area (Å²) in [4.78, 5) is 15.6. The van der Waals surface area contributed by atoms with E-state index in [-0.39, 0.29) is 5.92 Å². The van der Waals surface area contributed by atoms with E-state index in [2.05, 4.69) is 4.98 Å². The fraction of sp³-hybridized carbons (Fsp3) is 0.333. The van der Waals surface area contributed by atoms with Crippen LogP contribution in [0.25, 0.3) is 11.4 Å². The molecule has 4 nitrogen and oxygen atoms in total. The van der Waals surface area contributed by atoms with Crippen LogP contribution in [0.15, 0.2) is 24.3 Å². The number of aryl methyl sites for hydroxylation is 1. The summed E-state index contributed by atoms with van der Waals surface area (Å²) in [5.74, 6) is -0.358. The third-order valence-electron chi connectivity index (χ3n) is 3.82. The van der Waals surface area contributed by atoms with Crippen LogP contribution in [0.1, 0.15) is 17.7 Å². The molecule has 0 amide bonds. The van der Waals surface area contributed by atoms with Gasteiger partial charge in [-0.15, -0.1) is 0 Å². The molecule has 1 N–H and O–H groups in total. The average Bonchev–Trinajstić information content (AvgIpc) is 2.76. The third kappa shape index (κ3) is 2.20. The zero-order chi connectivity index (χ0) is 14.3. The van der Waals surface area contributed by atoms with Gasteiger partial charge in [0.25, 0.3) is 0 Å². The molecule has 104 valence electrons. The minimum Gasteiger partial charge on any atom is -0.481 e. The first-order chi connectivity index (χ1) is 9.56. The lowest BCUT2D eigenvalue weighted by Crippen LogP contribution is -2.26. The highest BCUT2D eigenvalue weighted by molar-refractivity contribution is 6.30. The van der Waals surface area contributed by atoms with Gasteiger partial charge in [-0.05, 0) is 19.8 Å². The van der Waals surface area contributed by atoms with Gasteiger partial charge in [0.1, 0.15) is 5.82 Å². The summed E-state index contributed by atoms with van der Waals surface area (Å²) >= 11 is 6.19. The molecular weight excluding hydrogens is 276 g/mol. The molecule has 1 unspecified atom stereocenters. The number of rotatable bonds is 2. The number of nitrogens with zero attached hydrogens (tertiary/aromatic N) is 2. The highest BCUT2D eigenvalue weighted by Gasteiger charge is 2.28. The van der Waals surface area contributed by atoms with E-state index in [1.54, 1.807) is 0 Å². The molecule has 1 atom stereocenters. The molecule has 0 bridgehead atoms. The van der Waals surface area contributed by atoms with E-state index in [0.717, 1.165) is 17.1 Å². The SMILES string of the molecule is Cc1ccc(-c2nc(Cl)c3n2CC(C(=O)O)CC3)cc1. The molecular formula is C15H15ClN2O2. The quantitative estimate of drug-likeness (QED) is 0.924. The van der Waals surface area contributed by atoms with Crippen LogP contribution in [0.5, 0.6) is 0 Å². The smallest absolute Gasteiger partial charge is 0.308 e. The van der Waals surface area contributed by atoms with Crippen LogP contribution < -0.4 is 0 Å². The Kier molecular flexibility index (Phi) is 3.26. The Bertz CT molecular complexity index is 661. The first-order valence-electron chi connectivity index (χ1n) is 6.61. The van der Waals surface area contributed by atoms with Gasteiger partial charge < -0.3 is 9.67 Å². The van der Waals surface area contributed by atoms with E-state index >= 15 is 0 Å². The third-order valence-corrected chi connectivity index (χ3v) is 4.12. The van der Waals surface area contributed by atoms with E-state index in [4.69, 9.17) is 11.6 Å². The van der Waals surface area contributed by atoms with Gasteiger partial charge in [-0.2, -0.15) is 0 Å². The standard InChI is InChI=1S/C15H15ClN2O2/c1-9-2-4-10(5-3-9)14-17-13(16)12-7-6-11(15(19)20)8-18(12)14/h2-5,11H,6-8H2,1H3,(H,19,20). The molecule has 0 fully saturated rings. The molecule has 1 aliphatic rings. The van der Waals surface area contributed by atoms with Gasteiger partial charge in [0.2, 0.25) is 0 Å². The number of carboxylic acids is 1. The number of hydrogen-bond donors (Lipinski definition) is 1. The summed E-state index contributed by atoms with van der Waals surface area (Å²) in [5.41, 5.74) is 3.09. The fourth-order valence-corrected chi connectivity index (χ4v) is 2.92. The van der Waals surface area contributed by atoms with Gasteiger partial charge >= 0.3 is 5.97 Å². The Morgan fingerprint density at radius 1 is 1.40 bits per heavy atom. The van der Waals surface area contributed by atoms with Crippen LogP contribution in [0.2, 0.25) is 5.15 Å². The number of halogens is 1. The molecule has 3 rings (SSSR count). The number of aromatic nitrogens is 2. The minimum atomic E-state index is -0.754. The lowest BCUT2D eigenvalue weighted by molar-refractivity contribution is -0.142. The van der Waals surface area contributed by atoms with Crippen molar-refractivity contribution in [1.82, 2.24) is 9.55 Å². The zero-order valence-corrected chi connectivity index (χ0v) is 11.9. The largest absolute Gasteiger partial charge is 0.481 e. The van der Waals surface area contributed by atoms with Crippen molar-refractivity contribution in [2.75, 3.05) is 0 Å². The van der Waals surface area contributed by atoms with E-state index in [1.807, 2.05) is 35.8 Å². The number of carbonyl (C=O) groups is 1. The molecule has 0 spiro atoms. The van der Waals surface area contributed by atoms with Crippen LogP contribution >= 0.6 is 11.6 Å². The summed E-state index contributed by atoms with van der Waals surface area (Å²) in [6.07, 6.45) is 1.28. The lowest BCUT2D eigenvalue weighted by Gasteiger charge is -2.22. The maximum absolute atomic E-state index is 11.2. The molecule has 1 aromatic heterocycles. The van der Waals surface area contributed by atoms with Crippen LogP contribution in [0.4, 0.5) is 0 Å². The molecule has 0 aliphatic carbocycles. The predicted octanol–water partition coefficient (Wildman–Crippen LogP) is 3.16. The molecule has 20 heavy (non-hydrogen) atoms. The first kappa shape index (κ1) is 13.2. The van der Waals surface area contributed by atoms with Crippen LogP contribution in [0.3, 0.4) is 0 Å². The zero-order valence-electron chi connectivity index (χ0n) is 11.1. The van der Waals surface area contributed by atoms with E-state index < -0.39 is 5.97 Å². The number of carboxylic acid groups (broad SMARTS) is 1. The van der Waals surface area contributed by atoms with Gasteiger partial charge in [-0.25, -0.2) is 4.98 Å². The Hall–Kier alpha value is -1.81. The Morgan fingerprint density at radius 3 is 2.75 bits per heavy atom. The van der Waals surface area contributed by atoms with Crippen LogP contribution in [0, 0.1) is 12.8 Å². The summed E-state index contributed by atoms with van der Waals surface area (Å²) < 4.78 is 1.95. The summed E-state index contributed by atoms with van der Waals surface area (Å²) in [6.45, 7) is 2.46. The minimum absolute atomic E-state index is 0.364. The van der Waals surface area contributed by atoms with Crippen molar-refractivity contribution >= 4 is 17.6 Å². The van der Waals surface area contributed by atoms with E-state index in [0.29, 0.717) is 24.5 Å². The molecule has 2 aromatic rings. The molecule has 0 saturated heterocycles. The number of hydrogen-bond acceptors (Lipinski definition) is 2. The van der Waals surface area contributed by atoms with Crippen LogP contribution in [-0.2, 0) is 17.8 Å². The second-order valence-corrected chi connectivity index (χ2v) is 5.58. The van der Waals surface area contributed by atoms with Crippen molar-refractivity contribution in [3.8, 4) is 11.4 Å². The summed E-state index contributed by atoms with van der Waals surface area (Å²) in [5, 5.41) is 9.69. The van der Waals surface area contributed by atoms with Crippen molar-refractivity contribution in [1.29, 1.82) is 0 Å². The summed E-state index contributed by atoms with van der Waals surface area (Å²) in [6, 6.07) is 8.02. The van der Waals surface area contributed by atoms with Gasteiger partial charge in [0.15, 0.2) is 5.15 Å². The first-order valence-corrected chi connectivity index (χ1v) is 6.99. The fourth-order valence-electron chi connectivity index (χ4n) is 2.64. The topological polar surface area (TPSA) is 55.1 Å². The van der Waals surface area contributed by atoms with Crippen LogP contribution in [-0.4, -0.2) is 20.6 Å². The molecule has 2 heterocycles. The van der Waals surface area contributed by atoms with Crippen molar-refractivity contribution in [2.24, 2.45) is 5.92 Å². The Morgan fingerprint density at radius 2 is 2.10 bits per heavy atom. The normalized spacial score (nSPS) is 17.8. The maximum Gasteiger partial charge on any atom is 0.308 e. The Balaban J connectivity index is 2.05. The second kappa shape index (κ2) is 4.94.